The Morgan fingerprint density at radius 1 is 1.05 bits per heavy atom. The topological polar surface area (TPSA) is 64.5 Å². The number of nitrogen functional groups attached to an aromatic ring is 2. The van der Waals surface area contributed by atoms with Crippen molar-refractivity contribution >= 4 is 11.4 Å². The molecule has 0 radical (unpaired) electrons. The third-order valence-corrected chi connectivity index (χ3v) is 4.53. The van der Waals surface area contributed by atoms with Gasteiger partial charge in [0.05, 0.1) is 6.61 Å². The van der Waals surface area contributed by atoms with Crippen molar-refractivity contribution < 1.29 is 4.74 Å². The van der Waals surface area contributed by atoms with Crippen LogP contribution in [-0.4, -0.2) is 37.2 Å². The second-order valence-corrected chi connectivity index (χ2v) is 5.68. The van der Waals surface area contributed by atoms with E-state index in [4.69, 9.17) is 16.2 Å². The molecule has 3 rings (SSSR count). The fourth-order valence-corrected chi connectivity index (χ4v) is 3.44. The number of piperidine rings is 1. The Bertz CT molecular complexity index is 415. The zero-order valence-electron chi connectivity index (χ0n) is 11.3. The van der Waals surface area contributed by atoms with E-state index in [1.807, 2.05) is 18.2 Å². The first-order valence-corrected chi connectivity index (χ1v) is 7.21. The first kappa shape index (κ1) is 12.8. The molecule has 0 amide bonds. The maximum Gasteiger partial charge on any atom is 0.0622 e. The first-order valence-electron chi connectivity index (χ1n) is 7.21. The van der Waals surface area contributed by atoms with Gasteiger partial charge in [-0.2, -0.15) is 0 Å². The quantitative estimate of drug-likeness (QED) is 0.797. The highest BCUT2D eigenvalue weighted by molar-refractivity contribution is 5.62. The van der Waals surface area contributed by atoms with Gasteiger partial charge in [-0.1, -0.05) is 6.07 Å². The molecular formula is C15H23N3O. The summed E-state index contributed by atoms with van der Waals surface area (Å²) in [6.07, 6.45) is 3.48. The van der Waals surface area contributed by atoms with Crippen LogP contribution in [0.15, 0.2) is 18.2 Å². The van der Waals surface area contributed by atoms with E-state index < -0.39 is 0 Å². The molecule has 1 unspecified atom stereocenters. The smallest absolute Gasteiger partial charge is 0.0622 e. The first-order chi connectivity index (χ1) is 9.25. The Balaban J connectivity index is 1.66. The Morgan fingerprint density at radius 2 is 1.74 bits per heavy atom. The number of benzene rings is 1. The summed E-state index contributed by atoms with van der Waals surface area (Å²) >= 11 is 0. The fourth-order valence-electron chi connectivity index (χ4n) is 3.44. The van der Waals surface area contributed by atoms with Gasteiger partial charge in [-0.05, 0) is 50.4 Å². The highest BCUT2D eigenvalue weighted by atomic mass is 16.5. The summed E-state index contributed by atoms with van der Waals surface area (Å²) in [4.78, 5) is 2.57. The number of nitrogens with two attached hydrogens (primary N) is 2. The minimum Gasteiger partial charge on any atom is -0.398 e. The third kappa shape index (κ3) is 2.55. The van der Waals surface area contributed by atoms with E-state index in [2.05, 4.69) is 4.90 Å². The molecule has 2 aliphatic rings. The minimum atomic E-state index is 0.514. The van der Waals surface area contributed by atoms with E-state index in [0.717, 1.165) is 50.5 Å². The van der Waals surface area contributed by atoms with Crippen molar-refractivity contribution in [1.82, 2.24) is 4.90 Å². The van der Waals surface area contributed by atoms with Crippen molar-refractivity contribution in [2.75, 3.05) is 37.8 Å². The zero-order chi connectivity index (χ0) is 13.2. The van der Waals surface area contributed by atoms with Crippen LogP contribution in [0.4, 0.5) is 11.4 Å². The van der Waals surface area contributed by atoms with Gasteiger partial charge >= 0.3 is 0 Å². The van der Waals surface area contributed by atoms with Crippen LogP contribution in [0.1, 0.15) is 30.7 Å². The van der Waals surface area contributed by atoms with Crippen molar-refractivity contribution in [3.63, 3.8) is 0 Å². The lowest BCUT2D eigenvalue weighted by atomic mass is 9.87. The van der Waals surface area contributed by atoms with Crippen LogP contribution in [0.5, 0.6) is 0 Å². The largest absolute Gasteiger partial charge is 0.398 e. The highest BCUT2D eigenvalue weighted by Gasteiger charge is 2.29. The second-order valence-electron chi connectivity index (χ2n) is 5.68. The van der Waals surface area contributed by atoms with E-state index in [9.17, 15) is 0 Å². The molecule has 2 heterocycles. The van der Waals surface area contributed by atoms with Gasteiger partial charge in [-0.15, -0.1) is 0 Å². The number of anilines is 2. The Kier molecular flexibility index (Phi) is 3.62. The lowest BCUT2D eigenvalue weighted by molar-refractivity contribution is 0.122. The van der Waals surface area contributed by atoms with E-state index in [1.165, 1.54) is 12.0 Å². The molecule has 2 fully saturated rings. The van der Waals surface area contributed by atoms with Gasteiger partial charge in [-0.25, -0.2) is 0 Å². The average Bonchev–Trinajstić information content (AvgIpc) is 2.93. The molecule has 1 atom stereocenters. The molecule has 19 heavy (non-hydrogen) atoms. The van der Waals surface area contributed by atoms with Crippen molar-refractivity contribution in [2.45, 2.75) is 31.2 Å². The van der Waals surface area contributed by atoms with Gasteiger partial charge in [0.2, 0.25) is 0 Å². The monoisotopic (exact) mass is 261 g/mol. The molecule has 104 valence electrons. The standard InChI is InChI=1S/C15H23N3O/c16-13-2-1-3-14(17)15(13)11-4-7-18(8-5-11)12-6-9-19-10-12/h1-3,11-12H,4-10,16-17H2. The molecule has 4 N–H and O–H groups in total. The number of hydrogen-bond acceptors (Lipinski definition) is 4. The average molecular weight is 261 g/mol. The van der Waals surface area contributed by atoms with Crippen LogP contribution in [0.25, 0.3) is 0 Å². The molecule has 2 aliphatic heterocycles. The lowest BCUT2D eigenvalue weighted by Crippen LogP contribution is -2.41. The van der Waals surface area contributed by atoms with Crippen molar-refractivity contribution in [2.24, 2.45) is 0 Å². The molecule has 0 bridgehead atoms. The fraction of sp³-hybridized carbons (Fsp3) is 0.600. The molecule has 0 spiro atoms. The van der Waals surface area contributed by atoms with Crippen molar-refractivity contribution in [1.29, 1.82) is 0 Å². The number of likely N-dealkylation sites (tertiary alicyclic amines) is 1. The van der Waals surface area contributed by atoms with Crippen LogP contribution in [0.2, 0.25) is 0 Å². The molecule has 4 nitrogen and oxygen atoms in total. The van der Waals surface area contributed by atoms with Gasteiger partial charge < -0.3 is 16.2 Å². The van der Waals surface area contributed by atoms with Crippen LogP contribution in [0, 0.1) is 0 Å². The minimum absolute atomic E-state index is 0.514. The van der Waals surface area contributed by atoms with Gasteiger partial charge in [0.15, 0.2) is 0 Å². The predicted molar refractivity (Wildman–Crippen MR) is 78.0 cm³/mol. The van der Waals surface area contributed by atoms with Gasteiger partial charge in [0.25, 0.3) is 0 Å². The van der Waals surface area contributed by atoms with E-state index in [0.29, 0.717) is 12.0 Å². The van der Waals surface area contributed by atoms with Crippen LogP contribution >= 0.6 is 0 Å². The SMILES string of the molecule is Nc1cccc(N)c1C1CCN(C2CCOC2)CC1. The maximum absolute atomic E-state index is 6.10. The van der Waals surface area contributed by atoms with E-state index >= 15 is 0 Å². The summed E-state index contributed by atoms with van der Waals surface area (Å²) < 4.78 is 5.48. The molecule has 0 aliphatic carbocycles. The van der Waals surface area contributed by atoms with Crippen LogP contribution in [0.3, 0.4) is 0 Å². The summed E-state index contributed by atoms with van der Waals surface area (Å²) in [6.45, 7) is 4.09. The zero-order valence-corrected chi connectivity index (χ0v) is 11.3. The van der Waals surface area contributed by atoms with E-state index in [-0.39, 0.29) is 0 Å². The molecule has 4 heteroatoms. The highest BCUT2D eigenvalue weighted by Crippen LogP contribution is 2.36. The van der Waals surface area contributed by atoms with Gasteiger partial charge in [0.1, 0.15) is 0 Å². The molecule has 2 saturated heterocycles. The Morgan fingerprint density at radius 3 is 2.32 bits per heavy atom. The Hall–Kier alpha value is -1.26. The summed E-state index contributed by atoms with van der Waals surface area (Å²) in [6, 6.07) is 6.48. The van der Waals surface area contributed by atoms with Gasteiger partial charge in [0, 0.05) is 29.6 Å². The molecule has 1 aromatic rings. The normalized spacial score (nSPS) is 25.8. The summed E-state index contributed by atoms with van der Waals surface area (Å²) in [5.41, 5.74) is 15.1. The Labute approximate surface area is 114 Å². The lowest BCUT2D eigenvalue weighted by Gasteiger charge is -2.36. The third-order valence-electron chi connectivity index (χ3n) is 4.53. The summed E-state index contributed by atoms with van der Waals surface area (Å²) in [7, 11) is 0. The second kappa shape index (κ2) is 5.39. The van der Waals surface area contributed by atoms with Crippen molar-refractivity contribution in [3.8, 4) is 0 Å². The molecule has 1 aromatic carbocycles. The summed E-state index contributed by atoms with van der Waals surface area (Å²) in [5, 5.41) is 0. The number of nitrogens with zero attached hydrogens (tertiary/aromatic N) is 1. The number of rotatable bonds is 2. The van der Waals surface area contributed by atoms with E-state index in [1.54, 1.807) is 0 Å². The maximum atomic E-state index is 6.10. The molecule has 0 saturated carbocycles. The predicted octanol–water partition coefficient (Wildman–Crippen LogP) is 1.82. The molecule has 0 aromatic heterocycles. The van der Waals surface area contributed by atoms with Crippen LogP contribution in [-0.2, 0) is 4.74 Å². The summed E-state index contributed by atoms with van der Waals surface area (Å²) in [5.74, 6) is 0.514. The number of ether oxygens (including phenoxy) is 1. The van der Waals surface area contributed by atoms with Crippen molar-refractivity contribution in [3.05, 3.63) is 23.8 Å². The molecular weight excluding hydrogens is 238 g/mol. The van der Waals surface area contributed by atoms with Crippen LogP contribution < -0.4 is 11.5 Å². The number of hydrogen-bond donors (Lipinski definition) is 2. The van der Waals surface area contributed by atoms with Gasteiger partial charge in [-0.3, -0.25) is 4.90 Å².